The zero-order chi connectivity index (χ0) is 21.2. The molecule has 0 spiro atoms. The summed E-state index contributed by atoms with van der Waals surface area (Å²) in [7, 11) is 0. The Hall–Kier alpha value is -3.51. The second kappa shape index (κ2) is 8.32. The Morgan fingerprint density at radius 1 is 0.903 bits per heavy atom. The summed E-state index contributed by atoms with van der Waals surface area (Å²) < 4.78 is 2.01. The number of fused-ring (bicyclic) bond motifs is 1. The molecule has 5 nitrogen and oxygen atoms in total. The van der Waals surface area contributed by atoms with Gasteiger partial charge in [-0.05, 0) is 36.1 Å². The third-order valence-electron chi connectivity index (χ3n) is 5.46. The van der Waals surface area contributed by atoms with Crippen molar-refractivity contribution in [2.45, 2.75) is 26.7 Å². The van der Waals surface area contributed by atoms with E-state index >= 15 is 0 Å². The van der Waals surface area contributed by atoms with Crippen LogP contribution in [0.4, 0.5) is 11.5 Å². The maximum atomic E-state index is 4.92. The number of benzene rings is 2. The Bertz CT molecular complexity index is 1320. The molecule has 3 aromatic heterocycles. The molecule has 154 valence electrons. The molecule has 0 saturated heterocycles. The van der Waals surface area contributed by atoms with Gasteiger partial charge in [0.25, 0.3) is 0 Å². The summed E-state index contributed by atoms with van der Waals surface area (Å²) in [5, 5.41) is 6.52. The van der Waals surface area contributed by atoms with Crippen LogP contribution in [-0.2, 0) is 12.8 Å². The number of nitrogens with zero attached hydrogens (tertiary/aromatic N) is 4. The highest BCUT2D eigenvalue weighted by molar-refractivity contribution is 7.13. The van der Waals surface area contributed by atoms with Crippen molar-refractivity contribution in [1.82, 2.24) is 19.4 Å². The largest absolute Gasteiger partial charge is 0.337 e. The van der Waals surface area contributed by atoms with Crippen LogP contribution in [0.3, 0.4) is 0 Å². The van der Waals surface area contributed by atoms with Gasteiger partial charge < -0.3 is 9.72 Å². The molecule has 0 radical (unpaired) electrons. The first-order valence-corrected chi connectivity index (χ1v) is 11.4. The van der Waals surface area contributed by atoms with Gasteiger partial charge in [0, 0.05) is 47.0 Å². The smallest absolute Gasteiger partial charge is 0.180 e. The lowest BCUT2D eigenvalue weighted by Gasteiger charge is -2.13. The standard InChI is InChI=1S/C25H23N5S/c1-3-17-9-10-21(15-18(17)4-2)28-23-24-26-11-13-30(24)16-22(29-23)19-5-7-20(8-6-19)25-27-12-14-31-25/h5-16H,3-4H2,1-2H3,(H,28,29). The number of aryl methyl sites for hydroxylation is 2. The summed E-state index contributed by atoms with van der Waals surface area (Å²) in [4.78, 5) is 13.8. The van der Waals surface area contributed by atoms with Crippen LogP contribution >= 0.6 is 11.3 Å². The molecule has 0 fully saturated rings. The summed E-state index contributed by atoms with van der Waals surface area (Å²) in [6.45, 7) is 4.39. The van der Waals surface area contributed by atoms with E-state index in [0.29, 0.717) is 0 Å². The van der Waals surface area contributed by atoms with Crippen molar-refractivity contribution < 1.29 is 0 Å². The molecule has 1 N–H and O–H groups in total. The Kier molecular flexibility index (Phi) is 5.22. The molecule has 2 aromatic carbocycles. The van der Waals surface area contributed by atoms with Gasteiger partial charge in [0.2, 0.25) is 0 Å². The van der Waals surface area contributed by atoms with Crippen molar-refractivity contribution in [2.24, 2.45) is 0 Å². The number of rotatable bonds is 6. The molecule has 31 heavy (non-hydrogen) atoms. The Balaban J connectivity index is 1.52. The van der Waals surface area contributed by atoms with Crippen LogP contribution in [0.15, 0.2) is 72.6 Å². The fraction of sp³-hybridized carbons (Fsp3) is 0.160. The molecule has 3 heterocycles. The molecular weight excluding hydrogens is 402 g/mol. The zero-order valence-corrected chi connectivity index (χ0v) is 18.4. The molecule has 5 aromatic rings. The van der Waals surface area contributed by atoms with Crippen LogP contribution in [0.1, 0.15) is 25.0 Å². The van der Waals surface area contributed by atoms with Crippen LogP contribution in [0, 0.1) is 0 Å². The quantitative estimate of drug-likeness (QED) is 0.342. The maximum absolute atomic E-state index is 4.92. The van der Waals surface area contributed by atoms with Gasteiger partial charge in [0.15, 0.2) is 11.5 Å². The van der Waals surface area contributed by atoms with Crippen molar-refractivity contribution in [3.63, 3.8) is 0 Å². The fourth-order valence-corrected chi connectivity index (χ4v) is 4.46. The van der Waals surface area contributed by atoms with Crippen LogP contribution in [0.5, 0.6) is 0 Å². The number of hydrogen-bond donors (Lipinski definition) is 1. The van der Waals surface area contributed by atoms with Gasteiger partial charge in [0.05, 0.1) is 5.69 Å². The van der Waals surface area contributed by atoms with Crippen LogP contribution in [-0.4, -0.2) is 19.4 Å². The first-order valence-electron chi connectivity index (χ1n) is 10.5. The van der Waals surface area contributed by atoms with E-state index in [1.807, 2.05) is 28.4 Å². The van der Waals surface area contributed by atoms with E-state index in [4.69, 9.17) is 4.98 Å². The summed E-state index contributed by atoms with van der Waals surface area (Å²) in [6, 6.07) is 14.9. The predicted octanol–water partition coefficient (Wildman–Crippen LogP) is 6.39. The van der Waals surface area contributed by atoms with Gasteiger partial charge in [-0.1, -0.05) is 44.2 Å². The van der Waals surface area contributed by atoms with Gasteiger partial charge in [-0.15, -0.1) is 11.3 Å². The highest BCUT2D eigenvalue weighted by Crippen LogP contribution is 2.28. The average Bonchev–Trinajstić information content (AvgIpc) is 3.51. The van der Waals surface area contributed by atoms with Crippen molar-refractivity contribution in [1.29, 1.82) is 0 Å². The topological polar surface area (TPSA) is 55.1 Å². The minimum Gasteiger partial charge on any atom is -0.337 e. The lowest BCUT2D eigenvalue weighted by molar-refractivity contribution is 1.04. The zero-order valence-electron chi connectivity index (χ0n) is 17.5. The minimum atomic E-state index is 0.748. The summed E-state index contributed by atoms with van der Waals surface area (Å²) >= 11 is 1.64. The van der Waals surface area contributed by atoms with Crippen molar-refractivity contribution in [2.75, 3.05) is 5.32 Å². The van der Waals surface area contributed by atoms with Gasteiger partial charge in [-0.25, -0.2) is 15.0 Å². The Labute approximate surface area is 185 Å². The average molecular weight is 426 g/mol. The number of thiazole rings is 1. The third kappa shape index (κ3) is 3.82. The monoisotopic (exact) mass is 425 g/mol. The van der Waals surface area contributed by atoms with Gasteiger partial charge in [-0.2, -0.15) is 0 Å². The van der Waals surface area contributed by atoms with E-state index in [1.165, 1.54) is 11.1 Å². The number of hydrogen-bond acceptors (Lipinski definition) is 5. The van der Waals surface area contributed by atoms with Gasteiger partial charge in [-0.3, -0.25) is 0 Å². The Morgan fingerprint density at radius 2 is 1.71 bits per heavy atom. The lowest BCUT2D eigenvalue weighted by Crippen LogP contribution is -2.01. The molecule has 0 aliphatic carbocycles. The van der Waals surface area contributed by atoms with Gasteiger partial charge in [0.1, 0.15) is 5.01 Å². The summed E-state index contributed by atoms with van der Waals surface area (Å²) in [5.74, 6) is 0.748. The van der Waals surface area contributed by atoms with E-state index in [-0.39, 0.29) is 0 Å². The molecule has 0 saturated carbocycles. The van der Waals surface area contributed by atoms with Crippen molar-refractivity contribution in [3.05, 3.63) is 83.8 Å². The van der Waals surface area contributed by atoms with E-state index in [1.54, 1.807) is 17.5 Å². The van der Waals surface area contributed by atoms with E-state index < -0.39 is 0 Å². The Morgan fingerprint density at radius 3 is 2.45 bits per heavy atom. The van der Waals surface area contributed by atoms with Crippen molar-refractivity contribution >= 4 is 28.5 Å². The van der Waals surface area contributed by atoms with E-state index in [9.17, 15) is 0 Å². The number of imidazole rings is 1. The number of aromatic nitrogens is 4. The molecule has 0 bridgehead atoms. The molecular formula is C25H23N5S. The fourth-order valence-electron chi connectivity index (χ4n) is 3.82. The maximum Gasteiger partial charge on any atom is 0.180 e. The summed E-state index contributed by atoms with van der Waals surface area (Å²) in [6.07, 6.45) is 9.65. The number of anilines is 2. The highest BCUT2D eigenvalue weighted by Gasteiger charge is 2.11. The van der Waals surface area contributed by atoms with Gasteiger partial charge >= 0.3 is 0 Å². The van der Waals surface area contributed by atoms with Crippen LogP contribution in [0.25, 0.3) is 27.5 Å². The van der Waals surface area contributed by atoms with Crippen LogP contribution in [0.2, 0.25) is 0 Å². The highest BCUT2D eigenvalue weighted by atomic mass is 32.1. The molecule has 0 aliphatic rings. The molecule has 6 heteroatoms. The third-order valence-corrected chi connectivity index (χ3v) is 6.29. The number of nitrogens with one attached hydrogen (secondary N) is 1. The molecule has 5 rings (SSSR count). The van der Waals surface area contributed by atoms with E-state index in [2.05, 4.69) is 71.6 Å². The summed E-state index contributed by atoms with van der Waals surface area (Å²) in [5.41, 5.74) is 7.64. The molecule has 0 aliphatic heterocycles. The first-order chi connectivity index (χ1) is 15.2. The first kappa shape index (κ1) is 19.5. The lowest BCUT2D eigenvalue weighted by atomic mass is 10.0. The van der Waals surface area contributed by atoms with Crippen LogP contribution < -0.4 is 5.32 Å². The second-order valence-electron chi connectivity index (χ2n) is 7.36. The second-order valence-corrected chi connectivity index (χ2v) is 8.26. The van der Waals surface area contributed by atoms with Crippen molar-refractivity contribution in [3.8, 4) is 21.8 Å². The molecule has 0 atom stereocenters. The van der Waals surface area contributed by atoms with E-state index in [0.717, 1.165) is 51.8 Å². The SMILES string of the molecule is CCc1ccc(Nc2nc(-c3ccc(-c4nccs4)cc3)cn3ccnc23)cc1CC. The molecule has 0 unspecified atom stereocenters. The molecule has 0 amide bonds. The minimum absolute atomic E-state index is 0.748. The normalized spacial score (nSPS) is 11.2. The predicted molar refractivity (Wildman–Crippen MR) is 128 cm³/mol.